The lowest BCUT2D eigenvalue weighted by Gasteiger charge is -2.16. The van der Waals surface area contributed by atoms with Gasteiger partial charge in [0.15, 0.2) is 0 Å². The fourth-order valence-electron chi connectivity index (χ4n) is 2.25. The first-order valence-electron chi connectivity index (χ1n) is 7.85. The Morgan fingerprint density at radius 1 is 1.08 bits per heavy atom. The molecule has 0 unspecified atom stereocenters. The second kappa shape index (κ2) is 7.36. The summed E-state index contributed by atoms with van der Waals surface area (Å²) in [6.07, 6.45) is 1.39. The van der Waals surface area contributed by atoms with Crippen molar-refractivity contribution in [1.82, 2.24) is 5.32 Å². The number of carbonyl (C=O) groups is 1. The van der Waals surface area contributed by atoms with Crippen molar-refractivity contribution in [2.24, 2.45) is 0 Å². The van der Waals surface area contributed by atoms with Crippen LogP contribution in [0.3, 0.4) is 0 Å². The molecule has 0 heterocycles. The maximum atomic E-state index is 12.1. The Kier molecular flexibility index (Phi) is 5.46. The highest BCUT2D eigenvalue weighted by atomic mass is 16.3. The van der Waals surface area contributed by atoms with Crippen LogP contribution in [0.2, 0.25) is 0 Å². The zero-order chi connectivity index (χ0) is 17.7. The van der Waals surface area contributed by atoms with Crippen LogP contribution in [-0.4, -0.2) is 26.8 Å². The molecule has 4 N–H and O–H groups in total. The average molecular weight is 329 g/mol. The number of nitrogens with one attached hydrogen (secondary N) is 1. The van der Waals surface area contributed by atoms with Crippen LogP contribution in [0.15, 0.2) is 42.5 Å². The molecule has 1 amide bonds. The van der Waals surface area contributed by atoms with Gasteiger partial charge in [-0.25, -0.2) is 0 Å². The summed E-state index contributed by atoms with van der Waals surface area (Å²) in [5.74, 6) is -0.321. The molecule has 0 bridgehead atoms. The first-order valence-corrected chi connectivity index (χ1v) is 7.85. The monoisotopic (exact) mass is 329 g/mol. The maximum Gasteiger partial charge on any atom is 0.251 e. The van der Waals surface area contributed by atoms with Gasteiger partial charge in [-0.05, 0) is 56.5 Å². The Morgan fingerprint density at radius 2 is 1.75 bits per heavy atom. The highest BCUT2D eigenvalue weighted by Gasteiger charge is 2.12. The van der Waals surface area contributed by atoms with E-state index in [1.54, 1.807) is 32.0 Å². The molecule has 0 aliphatic carbocycles. The molecule has 2 aromatic carbocycles. The number of phenolic OH excluding ortho intramolecular Hbond substituents is 2. The molecular weight excluding hydrogens is 306 g/mol. The van der Waals surface area contributed by atoms with Crippen LogP contribution in [0.25, 0.3) is 0 Å². The molecule has 128 valence electrons. The van der Waals surface area contributed by atoms with E-state index in [1.807, 2.05) is 12.1 Å². The van der Waals surface area contributed by atoms with Gasteiger partial charge < -0.3 is 20.6 Å². The van der Waals surface area contributed by atoms with Gasteiger partial charge in [-0.2, -0.15) is 0 Å². The molecule has 0 radical (unpaired) electrons. The van der Waals surface area contributed by atoms with Crippen LogP contribution in [0, 0.1) is 0 Å². The molecule has 0 aliphatic heterocycles. The summed E-state index contributed by atoms with van der Waals surface area (Å²) >= 11 is 0. The number of aromatic hydroxyl groups is 2. The van der Waals surface area contributed by atoms with Crippen LogP contribution in [0.1, 0.15) is 41.8 Å². The summed E-state index contributed by atoms with van der Waals surface area (Å²) in [5, 5.41) is 31.4. The number of benzene rings is 2. The first-order chi connectivity index (χ1) is 11.2. The largest absolute Gasteiger partial charge is 0.508 e. The SMILES string of the molecule is CC(C)(O)CCc1ccc(C(=O)NCc2ccc(O)cc2O)cc1. The van der Waals surface area contributed by atoms with Crippen molar-refractivity contribution in [2.75, 3.05) is 0 Å². The molecule has 2 aromatic rings. The lowest BCUT2D eigenvalue weighted by Crippen LogP contribution is -2.22. The molecule has 5 nitrogen and oxygen atoms in total. The standard InChI is InChI=1S/C19H23NO4/c1-19(2,24)10-9-13-3-5-14(6-4-13)18(23)20-12-15-7-8-16(21)11-17(15)22/h3-8,11,21-22,24H,9-10,12H2,1-2H3,(H,20,23). The van der Waals surface area contributed by atoms with Crippen molar-refractivity contribution in [1.29, 1.82) is 0 Å². The third-order valence-electron chi connectivity index (χ3n) is 3.75. The number of hydrogen-bond donors (Lipinski definition) is 4. The molecule has 0 fully saturated rings. The van der Waals surface area contributed by atoms with E-state index in [0.717, 1.165) is 12.0 Å². The van der Waals surface area contributed by atoms with Gasteiger partial charge in [-0.3, -0.25) is 4.79 Å². The lowest BCUT2D eigenvalue weighted by molar-refractivity contribution is 0.0713. The summed E-state index contributed by atoms with van der Waals surface area (Å²) in [6, 6.07) is 11.5. The fourth-order valence-corrected chi connectivity index (χ4v) is 2.25. The molecule has 0 aromatic heterocycles. The minimum atomic E-state index is -0.706. The Labute approximate surface area is 141 Å². The van der Waals surface area contributed by atoms with Gasteiger partial charge in [0.25, 0.3) is 5.91 Å². The number of aryl methyl sites for hydroxylation is 1. The van der Waals surface area contributed by atoms with E-state index in [4.69, 9.17) is 0 Å². The van der Waals surface area contributed by atoms with Gasteiger partial charge in [0.1, 0.15) is 11.5 Å². The molecular formula is C19H23NO4. The molecule has 0 spiro atoms. The van der Waals surface area contributed by atoms with Gasteiger partial charge in [0.05, 0.1) is 5.60 Å². The summed E-state index contributed by atoms with van der Waals surface area (Å²) in [6.45, 7) is 3.71. The number of rotatable bonds is 6. The van der Waals surface area contributed by atoms with Crippen LogP contribution in [0.5, 0.6) is 11.5 Å². The van der Waals surface area contributed by atoms with Crippen molar-refractivity contribution in [2.45, 2.75) is 38.8 Å². The predicted octanol–water partition coefficient (Wildman–Crippen LogP) is 2.73. The minimum Gasteiger partial charge on any atom is -0.508 e. The van der Waals surface area contributed by atoms with Crippen molar-refractivity contribution >= 4 is 5.91 Å². The van der Waals surface area contributed by atoms with Crippen molar-refractivity contribution < 1.29 is 20.1 Å². The summed E-state index contributed by atoms with van der Waals surface area (Å²) in [4.78, 5) is 12.1. The van der Waals surface area contributed by atoms with Crippen molar-refractivity contribution in [3.05, 3.63) is 59.2 Å². The van der Waals surface area contributed by atoms with E-state index in [-0.39, 0.29) is 24.0 Å². The first kappa shape index (κ1) is 17.8. The van der Waals surface area contributed by atoms with Crippen LogP contribution in [0.4, 0.5) is 0 Å². The second-order valence-corrected chi connectivity index (χ2v) is 6.51. The number of phenols is 2. The molecule has 24 heavy (non-hydrogen) atoms. The number of aliphatic hydroxyl groups is 1. The van der Waals surface area contributed by atoms with Gasteiger partial charge in [0, 0.05) is 23.7 Å². The van der Waals surface area contributed by atoms with Gasteiger partial charge in [-0.1, -0.05) is 12.1 Å². The summed E-state index contributed by atoms with van der Waals surface area (Å²) in [5.41, 5.74) is 1.41. The van der Waals surface area contributed by atoms with Gasteiger partial charge in [0.2, 0.25) is 0 Å². The predicted molar refractivity (Wildman–Crippen MR) is 92.0 cm³/mol. The molecule has 0 aliphatic rings. The van der Waals surface area contributed by atoms with E-state index in [0.29, 0.717) is 17.5 Å². The highest BCUT2D eigenvalue weighted by Crippen LogP contribution is 2.22. The van der Waals surface area contributed by atoms with Crippen LogP contribution >= 0.6 is 0 Å². The van der Waals surface area contributed by atoms with E-state index in [2.05, 4.69) is 5.32 Å². The summed E-state index contributed by atoms with van der Waals surface area (Å²) in [7, 11) is 0. The zero-order valence-corrected chi connectivity index (χ0v) is 13.9. The maximum absolute atomic E-state index is 12.1. The minimum absolute atomic E-state index is 0.0239. The molecule has 5 heteroatoms. The number of hydrogen-bond acceptors (Lipinski definition) is 4. The lowest BCUT2D eigenvalue weighted by atomic mass is 9.98. The number of carbonyl (C=O) groups excluding carboxylic acids is 1. The molecule has 0 atom stereocenters. The molecule has 0 saturated heterocycles. The topological polar surface area (TPSA) is 89.8 Å². The Hall–Kier alpha value is -2.53. The second-order valence-electron chi connectivity index (χ2n) is 6.51. The smallest absolute Gasteiger partial charge is 0.251 e. The average Bonchev–Trinajstić information content (AvgIpc) is 2.51. The van der Waals surface area contributed by atoms with Gasteiger partial charge in [-0.15, -0.1) is 0 Å². The third-order valence-corrected chi connectivity index (χ3v) is 3.75. The quantitative estimate of drug-likeness (QED) is 0.656. The highest BCUT2D eigenvalue weighted by molar-refractivity contribution is 5.94. The van der Waals surface area contributed by atoms with E-state index < -0.39 is 5.60 Å². The molecule has 2 rings (SSSR count). The van der Waals surface area contributed by atoms with E-state index >= 15 is 0 Å². The molecule has 0 saturated carbocycles. The van der Waals surface area contributed by atoms with Crippen LogP contribution < -0.4 is 5.32 Å². The van der Waals surface area contributed by atoms with E-state index in [1.165, 1.54) is 12.1 Å². The third kappa shape index (κ3) is 5.28. The summed E-state index contributed by atoms with van der Waals surface area (Å²) < 4.78 is 0. The normalized spacial score (nSPS) is 11.3. The van der Waals surface area contributed by atoms with Crippen LogP contribution in [-0.2, 0) is 13.0 Å². The number of amides is 1. The Balaban J connectivity index is 1.92. The zero-order valence-electron chi connectivity index (χ0n) is 13.9. The van der Waals surface area contributed by atoms with Gasteiger partial charge >= 0.3 is 0 Å². The fraction of sp³-hybridized carbons (Fsp3) is 0.316. The Bertz CT molecular complexity index is 702. The van der Waals surface area contributed by atoms with Crippen molar-refractivity contribution in [3.63, 3.8) is 0 Å². The van der Waals surface area contributed by atoms with Crippen molar-refractivity contribution in [3.8, 4) is 11.5 Å². The van der Waals surface area contributed by atoms with E-state index in [9.17, 15) is 20.1 Å². The Morgan fingerprint density at radius 3 is 2.33 bits per heavy atom.